The van der Waals surface area contributed by atoms with Crippen LogP contribution in [0.3, 0.4) is 0 Å². The molecule has 17 heavy (non-hydrogen) atoms. The molecule has 2 aliphatic heterocycles. The normalized spacial score (nSPS) is 31.2. The molecule has 2 amide bonds. The van der Waals surface area contributed by atoms with Crippen molar-refractivity contribution in [1.29, 1.82) is 0 Å². The number of piperidine rings is 1. The SMILES string of the molecule is NC(=O)CCNC(=O)CC1CC2CCC(C1)N2. The Morgan fingerprint density at radius 3 is 2.47 bits per heavy atom. The first-order chi connectivity index (χ1) is 8.13. The van der Waals surface area contributed by atoms with Crippen LogP contribution in [0.2, 0.25) is 0 Å². The summed E-state index contributed by atoms with van der Waals surface area (Å²) >= 11 is 0. The fraction of sp³-hybridized carbons (Fsp3) is 0.833. The van der Waals surface area contributed by atoms with Gasteiger partial charge in [0.1, 0.15) is 0 Å². The minimum absolute atomic E-state index is 0.0533. The third kappa shape index (κ3) is 3.70. The lowest BCUT2D eigenvalue weighted by molar-refractivity contribution is -0.122. The molecule has 2 rings (SSSR count). The molecule has 4 N–H and O–H groups in total. The number of hydrogen-bond acceptors (Lipinski definition) is 3. The van der Waals surface area contributed by atoms with Crippen LogP contribution in [-0.2, 0) is 9.59 Å². The quantitative estimate of drug-likeness (QED) is 0.626. The number of amides is 2. The fourth-order valence-electron chi connectivity index (χ4n) is 3.00. The van der Waals surface area contributed by atoms with Crippen molar-refractivity contribution in [2.75, 3.05) is 6.54 Å². The van der Waals surface area contributed by atoms with Gasteiger partial charge in [0.15, 0.2) is 0 Å². The predicted molar refractivity (Wildman–Crippen MR) is 64.1 cm³/mol. The van der Waals surface area contributed by atoms with Crippen molar-refractivity contribution in [2.24, 2.45) is 11.7 Å². The summed E-state index contributed by atoms with van der Waals surface area (Å²) in [6, 6.07) is 1.24. The summed E-state index contributed by atoms with van der Waals surface area (Å²) < 4.78 is 0. The van der Waals surface area contributed by atoms with Gasteiger partial charge in [-0.1, -0.05) is 0 Å². The molecular formula is C12H21N3O2. The van der Waals surface area contributed by atoms with E-state index in [9.17, 15) is 9.59 Å². The molecule has 0 radical (unpaired) electrons. The van der Waals surface area contributed by atoms with Crippen LogP contribution in [0, 0.1) is 5.92 Å². The lowest BCUT2D eigenvalue weighted by atomic mass is 9.89. The van der Waals surface area contributed by atoms with Gasteiger partial charge in [0, 0.05) is 31.5 Å². The molecule has 0 aromatic heterocycles. The third-order valence-corrected chi connectivity index (χ3v) is 3.74. The highest BCUT2D eigenvalue weighted by molar-refractivity contribution is 5.78. The Kier molecular flexibility index (Phi) is 3.99. The van der Waals surface area contributed by atoms with Gasteiger partial charge in [0.25, 0.3) is 0 Å². The highest BCUT2D eigenvalue weighted by Gasteiger charge is 2.33. The number of nitrogens with two attached hydrogens (primary N) is 1. The van der Waals surface area contributed by atoms with E-state index in [0.29, 0.717) is 31.0 Å². The van der Waals surface area contributed by atoms with Gasteiger partial charge < -0.3 is 16.4 Å². The van der Waals surface area contributed by atoms with Gasteiger partial charge in [0.2, 0.25) is 11.8 Å². The number of carbonyl (C=O) groups excluding carboxylic acids is 2. The molecule has 0 aliphatic carbocycles. The Morgan fingerprint density at radius 1 is 1.24 bits per heavy atom. The fourth-order valence-corrected chi connectivity index (χ4v) is 3.00. The number of hydrogen-bond donors (Lipinski definition) is 3. The summed E-state index contributed by atoms with van der Waals surface area (Å²) in [7, 11) is 0. The van der Waals surface area contributed by atoms with Crippen molar-refractivity contribution in [2.45, 2.75) is 50.6 Å². The first kappa shape index (κ1) is 12.4. The van der Waals surface area contributed by atoms with Crippen molar-refractivity contribution >= 4 is 11.8 Å². The molecule has 2 saturated heterocycles. The molecule has 5 nitrogen and oxygen atoms in total. The maximum absolute atomic E-state index is 11.6. The van der Waals surface area contributed by atoms with Gasteiger partial charge in [-0.25, -0.2) is 0 Å². The van der Waals surface area contributed by atoms with E-state index in [0.717, 1.165) is 12.8 Å². The second-order valence-corrected chi connectivity index (χ2v) is 5.25. The van der Waals surface area contributed by atoms with Crippen molar-refractivity contribution in [3.63, 3.8) is 0 Å². The van der Waals surface area contributed by atoms with Crippen LogP contribution < -0.4 is 16.4 Å². The molecule has 2 aliphatic rings. The maximum Gasteiger partial charge on any atom is 0.220 e. The number of fused-ring (bicyclic) bond motifs is 2. The van der Waals surface area contributed by atoms with Crippen LogP contribution in [-0.4, -0.2) is 30.4 Å². The van der Waals surface area contributed by atoms with Gasteiger partial charge in [-0.3, -0.25) is 9.59 Å². The second-order valence-electron chi connectivity index (χ2n) is 5.25. The molecule has 0 aromatic carbocycles. The van der Waals surface area contributed by atoms with Crippen LogP contribution in [0.5, 0.6) is 0 Å². The molecule has 0 aromatic rings. The van der Waals surface area contributed by atoms with Gasteiger partial charge in [-0.05, 0) is 31.6 Å². The summed E-state index contributed by atoms with van der Waals surface area (Å²) in [5.41, 5.74) is 5.01. The molecule has 2 bridgehead atoms. The van der Waals surface area contributed by atoms with E-state index in [2.05, 4.69) is 10.6 Å². The molecule has 2 heterocycles. The Bertz CT molecular complexity index is 294. The number of carbonyl (C=O) groups is 2. The third-order valence-electron chi connectivity index (χ3n) is 3.74. The van der Waals surface area contributed by atoms with E-state index in [1.807, 2.05) is 0 Å². The Morgan fingerprint density at radius 2 is 1.88 bits per heavy atom. The zero-order valence-corrected chi connectivity index (χ0v) is 10.1. The van der Waals surface area contributed by atoms with Crippen LogP contribution in [0.25, 0.3) is 0 Å². The molecule has 2 atom stereocenters. The summed E-state index contributed by atoms with van der Waals surface area (Å²) in [4.78, 5) is 22.2. The van der Waals surface area contributed by atoms with E-state index in [1.165, 1.54) is 12.8 Å². The van der Waals surface area contributed by atoms with Crippen molar-refractivity contribution in [1.82, 2.24) is 10.6 Å². The van der Waals surface area contributed by atoms with E-state index in [4.69, 9.17) is 5.73 Å². The molecule has 0 spiro atoms. The number of rotatable bonds is 5. The van der Waals surface area contributed by atoms with Gasteiger partial charge in [0.05, 0.1) is 0 Å². The summed E-state index contributed by atoms with van der Waals surface area (Å²) in [5, 5.41) is 6.31. The lowest BCUT2D eigenvalue weighted by Crippen LogP contribution is -2.40. The lowest BCUT2D eigenvalue weighted by Gasteiger charge is -2.28. The first-order valence-electron chi connectivity index (χ1n) is 6.44. The minimum atomic E-state index is -0.370. The van der Waals surface area contributed by atoms with Crippen LogP contribution in [0.1, 0.15) is 38.5 Å². The van der Waals surface area contributed by atoms with Gasteiger partial charge >= 0.3 is 0 Å². The molecule has 96 valence electrons. The topological polar surface area (TPSA) is 84.2 Å². The Labute approximate surface area is 102 Å². The second kappa shape index (κ2) is 5.49. The van der Waals surface area contributed by atoms with Crippen molar-refractivity contribution < 1.29 is 9.59 Å². The Balaban J connectivity index is 1.66. The van der Waals surface area contributed by atoms with Crippen LogP contribution in [0.4, 0.5) is 0 Å². The smallest absolute Gasteiger partial charge is 0.220 e. The van der Waals surface area contributed by atoms with Gasteiger partial charge in [-0.2, -0.15) is 0 Å². The minimum Gasteiger partial charge on any atom is -0.370 e. The molecule has 2 fully saturated rings. The van der Waals surface area contributed by atoms with Gasteiger partial charge in [-0.15, -0.1) is 0 Å². The highest BCUT2D eigenvalue weighted by atomic mass is 16.2. The zero-order chi connectivity index (χ0) is 12.3. The standard InChI is InChI=1S/C12H21N3O2/c13-11(16)3-4-14-12(17)7-8-5-9-1-2-10(6-8)15-9/h8-10,15H,1-7H2,(H2,13,16)(H,14,17). The van der Waals surface area contributed by atoms with Crippen LogP contribution >= 0.6 is 0 Å². The molecule has 0 saturated carbocycles. The molecule has 5 heteroatoms. The maximum atomic E-state index is 11.6. The Hall–Kier alpha value is -1.10. The number of primary amides is 1. The zero-order valence-electron chi connectivity index (χ0n) is 10.1. The summed E-state index contributed by atoms with van der Waals surface area (Å²) in [6.45, 7) is 0.367. The molecule has 2 unspecified atom stereocenters. The molecular weight excluding hydrogens is 218 g/mol. The van der Waals surface area contributed by atoms with E-state index in [-0.39, 0.29) is 18.2 Å². The summed E-state index contributed by atoms with van der Waals surface area (Å²) in [5.74, 6) is 0.185. The highest BCUT2D eigenvalue weighted by Crippen LogP contribution is 2.32. The monoisotopic (exact) mass is 239 g/mol. The van der Waals surface area contributed by atoms with Crippen molar-refractivity contribution in [3.8, 4) is 0 Å². The average Bonchev–Trinajstić information content (AvgIpc) is 2.57. The number of nitrogens with one attached hydrogen (secondary N) is 2. The van der Waals surface area contributed by atoms with E-state index >= 15 is 0 Å². The first-order valence-corrected chi connectivity index (χ1v) is 6.44. The summed E-state index contributed by atoms with van der Waals surface area (Å²) in [6.07, 6.45) is 5.55. The average molecular weight is 239 g/mol. The van der Waals surface area contributed by atoms with Crippen molar-refractivity contribution in [3.05, 3.63) is 0 Å². The van der Waals surface area contributed by atoms with Crippen LogP contribution in [0.15, 0.2) is 0 Å². The predicted octanol–water partition coefficient (Wildman–Crippen LogP) is -0.101. The van der Waals surface area contributed by atoms with E-state index < -0.39 is 0 Å². The van der Waals surface area contributed by atoms with E-state index in [1.54, 1.807) is 0 Å². The largest absolute Gasteiger partial charge is 0.370 e.